The van der Waals surface area contributed by atoms with Gasteiger partial charge in [0.2, 0.25) is 0 Å². The van der Waals surface area contributed by atoms with Crippen LogP contribution in [-0.2, 0) is 38.2 Å². The second-order valence-corrected chi connectivity index (χ2v) is 4.92. The van der Waals surface area contributed by atoms with E-state index in [-0.39, 0.29) is 26.2 Å². The molecular formula is C14H19ClN3O6Ru. The van der Waals surface area contributed by atoms with Crippen LogP contribution >= 0.6 is 9.69 Å². The van der Waals surface area contributed by atoms with E-state index < -0.39 is 31.0 Å². The van der Waals surface area contributed by atoms with Crippen LogP contribution in [0.25, 0.3) is 0 Å². The van der Waals surface area contributed by atoms with Crippen LogP contribution in [0.4, 0.5) is 0 Å². The Kier molecular flexibility index (Phi) is 12.8. The molecule has 9 nitrogen and oxygen atoms in total. The summed E-state index contributed by atoms with van der Waals surface area (Å²) in [6.45, 7) is -0.471. The number of carboxylic acids is 3. The molecule has 0 bridgehead atoms. The van der Waals surface area contributed by atoms with Crippen LogP contribution in [-0.4, -0.2) is 80.7 Å². The molecule has 0 atom stereocenters. The Bertz CT molecular complexity index is 533. The summed E-state index contributed by atoms with van der Waals surface area (Å²) in [6, 6.07) is 5.27. The first-order valence-electron chi connectivity index (χ1n) is 7.00. The third-order valence-electron chi connectivity index (χ3n) is 2.92. The zero-order chi connectivity index (χ0) is 19.2. The SMILES string of the molecule is O=C(O)CN(CCN(CC(=O)O)Cc1ccccn1)CC(=O)O.[Cl][Ru]. The van der Waals surface area contributed by atoms with Crippen LogP contribution in [0.1, 0.15) is 5.69 Å². The Morgan fingerprint density at radius 3 is 1.84 bits per heavy atom. The number of hydrogen-bond acceptors (Lipinski definition) is 6. The molecule has 0 fully saturated rings. The molecule has 0 amide bonds. The molecule has 0 spiro atoms. The Morgan fingerprint density at radius 1 is 0.920 bits per heavy atom. The molecule has 1 aromatic heterocycles. The van der Waals surface area contributed by atoms with Crippen LogP contribution < -0.4 is 0 Å². The van der Waals surface area contributed by atoms with Crippen LogP contribution in [0.5, 0.6) is 0 Å². The van der Waals surface area contributed by atoms with E-state index in [0.717, 1.165) is 0 Å². The van der Waals surface area contributed by atoms with E-state index in [4.69, 9.17) is 15.3 Å². The molecule has 1 aromatic rings. The third kappa shape index (κ3) is 12.4. The fraction of sp³-hybridized carbons (Fsp3) is 0.429. The molecule has 11 heteroatoms. The third-order valence-corrected chi connectivity index (χ3v) is 2.92. The van der Waals surface area contributed by atoms with Gasteiger partial charge in [-0.2, -0.15) is 0 Å². The van der Waals surface area contributed by atoms with Crippen molar-refractivity contribution in [3.63, 3.8) is 0 Å². The number of carboxylic acid groups (broad SMARTS) is 3. The molecule has 0 aliphatic carbocycles. The van der Waals surface area contributed by atoms with Crippen LogP contribution in [0.2, 0.25) is 0 Å². The summed E-state index contributed by atoms with van der Waals surface area (Å²) in [6.07, 6.45) is 1.59. The maximum absolute atomic E-state index is 10.9. The summed E-state index contributed by atoms with van der Waals surface area (Å²) in [7, 11) is 4.57. The number of carbonyl (C=O) groups is 3. The first-order valence-corrected chi connectivity index (χ1v) is 9.24. The number of rotatable bonds is 11. The molecule has 1 rings (SSSR count). The van der Waals surface area contributed by atoms with Crippen molar-refractivity contribution < 1.29 is 47.0 Å². The van der Waals surface area contributed by atoms with Gasteiger partial charge >= 0.3 is 44.9 Å². The quantitative estimate of drug-likeness (QED) is 0.393. The summed E-state index contributed by atoms with van der Waals surface area (Å²) in [5.41, 5.74) is 0.678. The predicted octanol–water partition coefficient (Wildman–Crippen LogP) is 0.126. The molecule has 141 valence electrons. The van der Waals surface area contributed by atoms with Crippen molar-refractivity contribution in [1.29, 1.82) is 0 Å². The fourth-order valence-electron chi connectivity index (χ4n) is 2.01. The van der Waals surface area contributed by atoms with Gasteiger partial charge in [0.25, 0.3) is 0 Å². The molecule has 0 radical (unpaired) electrons. The second kappa shape index (κ2) is 13.7. The molecule has 0 aliphatic rings. The summed E-state index contributed by atoms with van der Waals surface area (Å²) < 4.78 is 0. The van der Waals surface area contributed by atoms with Gasteiger partial charge in [-0.3, -0.25) is 29.2 Å². The topological polar surface area (TPSA) is 131 Å². The molecule has 0 saturated carbocycles. The van der Waals surface area contributed by atoms with E-state index in [1.165, 1.54) is 4.90 Å². The molecule has 0 saturated heterocycles. The molecule has 1 heterocycles. The summed E-state index contributed by atoms with van der Waals surface area (Å²) >= 11 is 1.82. The van der Waals surface area contributed by atoms with Crippen molar-refractivity contribution >= 4 is 27.6 Å². The summed E-state index contributed by atoms with van der Waals surface area (Å²) in [5, 5.41) is 26.5. The number of pyridine rings is 1. The first-order chi connectivity index (χ1) is 11.9. The summed E-state index contributed by atoms with van der Waals surface area (Å²) in [4.78, 5) is 39.4. The van der Waals surface area contributed by atoms with Gasteiger partial charge < -0.3 is 15.3 Å². The standard InChI is InChI=1S/C14H19N3O6.ClH.Ru/c18-12(19)8-16(7-11-3-1-2-4-15-11)5-6-17(9-13(20)21)10-14(22)23;;/h1-4H,5-10H2,(H,18,19)(H,20,21)(H,22,23);1H;/q;;+1/p-1. The van der Waals surface area contributed by atoms with Crippen LogP contribution in [0, 0.1) is 0 Å². The molecule has 25 heavy (non-hydrogen) atoms. The number of nitrogens with zero attached hydrogens (tertiary/aromatic N) is 3. The number of aliphatic carboxylic acids is 3. The van der Waals surface area contributed by atoms with Gasteiger partial charge in [0, 0.05) is 25.8 Å². The van der Waals surface area contributed by atoms with Gasteiger partial charge in [-0.15, -0.1) is 0 Å². The maximum atomic E-state index is 10.9. The van der Waals surface area contributed by atoms with E-state index in [2.05, 4.69) is 14.7 Å². The van der Waals surface area contributed by atoms with Crippen molar-refractivity contribution in [2.24, 2.45) is 0 Å². The molecule has 0 unspecified atom stereocenters. The fourth-order valence-corrected chi connectivity index (χ4v) is 2.01. The van der Waals surface area contributed by atoms with Gasteiger partial charge in [-0.05, 0) is 12.1 Å². The van der Waals surface area contributed by atoms with E-state index >= 15 is 0 Å². The van der Waals surface area contributed by atoms with Gasteiger partial charge in [0.1, 0.15) is 0 Å². The minimum atomic E-state index is -1.14. The zero-order valence-corrected chi connectivity index (χ0v) is 15.7. The van der Waals surface area contributed by atoms with Crippen molar-refractivity contribution in [3.05, 3.63) is 30.1 Å². The Hall–Kier alpha value is -1.61. The van der Waals surface area contributed by atoms with Crippen LogP contribution in [0.15, 0.2) is 24.4 Å². The van der Waals surface area contributed by atoms with Gasteiger partial charge in [0.15, 0.2) is 0 Å². The average molecular weight is 462 g/mol. The van der Waals surface area contributed by atoms with E-state index in [1.54, 1.807) is 29.3 Å². The van der Waals surface area contributed by atoms with Crippen molar-refractivity contribution in [3.8, 4) is 0 Å². The molecule has 0 aromatic carbocycles. The Morgan fingerprint density at radius 2 is 1.40 bits per heavy atom. The Balaban J connectivity index is 0.00000277. The minimum absolute atomic E-state index is 0.124. The van der Waals surface area contributed by atoms with Gasteiger partial charge in [-0.25, -0.2) is 0 Å². The predicted molar refractivity (Wildman–Crippen MR) is 84.7 cm³/mol. The van der Waals surface area contributed by atoms with Gasteiger partial charge in [-0.1, -0.05) is 6.07 Å². The van der Waals surface area contributed by atoms with Crippen molar-refractivity contribution in [2.45, 2.75) is 6.54 Å². The van der Waals surface area contributed by atoms with E-state index in [1.807, 2.05) is 17.3 Å². The van der Waals surface area contributed by atoms with Crippen molar-refractivity contribution in [1.82, 2.24) is 14.8 Å². The Labute approximate surface area is 158 Å². The zero-order valence-electron chi connectivity index (χ0n) is 13.2. The summed E-state index contributed by atoms with van der Waals surface area (Å²) in [5.74, 6) is -3.30. The first kappa shape index (κ1) is 23.4. The number of halogens is 1. The van der Waals surface area contributed by atoms with E-state index in [0.29, 0.717) is 5.69 Å². The molecule has 3 N–H and O–H groups in total. The van der Waals surface area contributed by atoms with Crippen molar-refractivity contribution in [2.75, 3.05) is 32.7 Å². The number of hydrogen-bond donors (Lipinski definition) is 3. The second-order valence-electron chi connectivity index (χ2n) is 4.92. The normalized spacial score (nSPS) is 10.2. The van der Waals surface area contributed by atoms with Crippen LogP contribution in [0.3, 0.4) is 0 Å². The monoisotopic (exact) mass is 462 g/mol. The molecular weight excluding hydrogens is 443 g/mol. The average Bonchev–Trinajstić information content (AvgIpc) is 2.53. The van der Waals surface area contributed by atoms with Gasteiger partial charge in [0.05, 0.1) is 25.3 Å². The number of aromatic nitrogens is 1. The molecule has 0 aliphatic heterocycles. The van der Waals surface area contributed by atoms with E-state index in [9.17, 15) is 14.4 Å².